The Bertz CT molecular complexity index is 1610. The number of aliphatic hydroxyl groups excluding tert-OH is 1. The van der Waals surface area contributed by atoms with E-state index in [-0.39, 0.29) is 5.41 Å². The van der Waals surface area contributed by atoms with Crippen LogP contribution in [0.4, 0.5) is 11.4 Å². The van der Waals surface area contributed by atoms with Crippen LogP contribution in [0.3, 0.4) is 0 Å². The number of fused-ring (bicyclic) bond motifs is 2. The molecule has 1 aliphatic rings. The molecule has 202 valence electrons. The lowest BCUT2D eigenvalue weighted by Crippen LogP contribution is -2.44. The van der Waals surface area contributed by atoms with Crippen molar-refractivity contribution in [2.24, 2.45) is 5.41 Å². The molecule has 0 bridgehead atoms. The first-order valence-corrected chi connectivity index (χ1v) is 13.5. The second-order valence-corrected chi connectivity index (χ2v) is 11.8. The number of pyridine rings is 1. The van der Waals surface area contributed by atoms with Crippen LogP contribution in [-0.4, -0.2) is 74.6 Å². The molecule has 1 fully saturated rings. The van der Waals surface area contributed by atoms with Crippen molar-refractivity contribution in [3.63, 3.8) is 0 Å². The molecule has 9 heteroatoms. The van der Waals surface area contributed by atoms with Crippen molar-refractivity contribution in [3.8, 4) is 22.6 Å². The van der Waals surface area contributed by atoms with Crippen LogP contribution < -0.4 is 10.2 Å². The van der Waals surface area contributed by atoms with E-state index in [4.69, 9.17) is 4.98 Å². The SMILES string of the molecule is CN1CCN(c2cccc3[nH]c(-c4n[nH]c5ccc(-c6cncc(NC(O)CC(C)(C)C)c6)cc45)nc23)CC1. The van der Waals surface area contributed by atoms with Gasteiger partial charge in [0.1, 0.15) is 17.4 Å². The number of likely N-dealkylation sites (N-methyl/N-ethyl adjacent to an activating group) is 1. The molecular weight excluding hydrogens is 488 g/mol. The molecule has 1 unspecified atom stereocenters. The minimum Gasteiger partial charge on any atom is -0.374 e. The number of H-pyrrole nitrogens is 2. The average molecular weight is 525 g/mol. The second-order valence-electron chi connectivity index (χ2n) is 11.8. The van der Waals surface area contributed by atoms with Gasteiger partial charge < -0.3 is 25.2 Å². The largest absolute Gasteiger partial charge is 0.374 e. The zero-order chi connectivity index (χ0) is 27.1. The van der Waals surface area contributed by atoms with Crippen LogP contribution in [0.2, 0.25) is 0 Å². The summed E-state index contributed by atoms with van der Waals surface area (Å²) in [6, 6.07) is 14.5. The maximum atomic E-state index is 10.5. The van der Waals surface area contributed by atoms with E-state index in [9.17, 15) is 5.11 Å². The average Bonchev–Trinajstić information content (AvgIpc) is 3.52. The molecule has 4 N–H and O–H groups in total. The number of imidazole rings is 1. The Labute approximate surface area is 228 Å². The van der Waals surface area contributed by atoms with Gasteiger partial charge in [-0.2, -0.15) is 5.10 Å². The Morgan fingerprint density at radius 1 is 1.00 bits per heavy atom. The van der Waals surface area contributed by atoms with Gasteiger partial charge in [0.25, 0.3) is 0 Å². The minimum atomic E-state index is -0.645. The molecule has 9 nitrogen and oxygen atoms in total. The quantitative estimate of drug-likeness (QED) is 0.229. The normalized spacial score (nSPS) is 15.8. The van der Waals surface area contributed by atoms with E-state index in [1.54, 1.807) is 6.20 Å². The molecule has 1 aliphatic heterocycles. The molecule has 0 saturated carbocycles. The van der Waals surface area contributed by atoms with Crippen molar-refractivity contribution in [3.05, 3.63) is 54.9 Å². The van der Waals surface area contributed by atoms with Gasteiger partial charge in [0.15, 0.2) is 5.82 Å². The number of aromatic amines is 2. The topological polar surface area (TPSA) is 109 Å². The minimum absolute atomic E-state index is 0.0160. The predicted octanol–water partition coefficient (Wildman–Crippen LogP) is 5.09. The van der Waals surface area contributed by atoms with Crippen LogP contribution in [0.1, 0.15) is 27.2 Å². The summed E-state index contributed by atoms with van der Waals surface area (Å²) < 4.78 is 0. The monoisotopic (exact) mass is 524 g/mol. The summed E-state index contributed by atoms with van der Waals surface area (Å²) in [6.07, 6.45) is 3.57. The molecule has 0 spiro atoms. The number of rotatable bonds is 6. The third-order valence-electron chi connectivity index (χ3n) is 7.33. The molecule has 0 aliphatic carbocycles. The highest BCUT2D eigenvalue weighted by Crippen LogP contribution is 2.33. The summed E-state index contributed by atoms with van der Waals surface area (Å²) in [4.78, 5) is 17.7. The standard InChI is InChI=1S/C30H36N8O/c1-30(2,3)16-26(39)32-21-14-20(17-31-18-21)19-8-9-23-22(15-19)27(36-35-23)29-33-24-6-5-7-25(28(24)34-29)38-12-10-37(4)11-13-38/h5-9,14-15,17-18,26,32,39H,10-13,16H2,1-4H3,(H,33,34)(H,35,36). The van der Waals surface area contributed by atoms with E-state index in [2.05, 4.69) is 93.4 Å². The first-order chi connectivity index (χ1) is 18.7. The molecule has 1 saturated heterocycles. The summed E-state index contributed by atoms with van der Waals surface area (Å²) >= 11 is 0. The summed E-state index contributed by atoms with van der Waals surface area (Å²) in [5, 5.41) is 22.5. The summed E-state index contributed by atoms with van der Waals surface area (Å²) in [6.45, 7) is 10.4. The molecule has 39 heavy (non-hydrogen) atoms. The van der Waals surface area contributed by atoms with Gasteiger partial charge in [-0.05, 0) is 54.8 Å². The molecular formula is C30H36N8O. The predicted molar refractivity (Wildman–Crippen MR) is 158 cm³/mol. The zero-order valence-electron chi connectivity index (χ0n) is 23.0. The molecule has 0 amide bonds. The van der Waals surface area contributed by atoms with Crippen LogP contribution in [0.15, 0.2) is 54.9 Å². The van der Waals surface area contributed by atoms with Crippen molar-refractivity contribution in [1.82, 2.24) is 30.0 Å². The third-order valence-corrected chi connectivity index (χ3v) is 7.33. The Balaban J connectivity index is 1.32. The van der Waals surface area contributed by atoms with Gasteiger partial charge in [-0.1, -0.05) is 32.9 Å². The summed E-state index contributed by atoms with van der Waals surface area (Å²) in [5.74, 6) is 0.744. The number of hydrogen-bond acceptors (Lipinski definition) is 7. The number of aliphatic hydroxyl groups is 1. The third kappa shape index (κ3) is 5.32. The number of nitrogens with zero attached hydrogens (tertiary/aromatic N) is 5. The Hall–Kier alpha value is -3.95. The molecule has 3 aromatic heterocycles. The fourth-order valence-corrected chi connectivity index (χ4v) is 5.31. The number of nitrogens with one attached hydrogen (secondary N) is 3. The van der Waals surface area contributed by atoms with Gasteiger partial charge in [-0.3, -0.25) is 10.1 Å². The van der Waals surface area contributed by atoms with Crippen molar-refractivity contribution in [2.75, 3.05) is 43.4 Å². The number of aromatic nitrogens is 5. The van der Waals surface area contributed by atoms with Crippen molar-refractivity contribution >= 4 is 33.3 Å². The lowest BCUT2D eigenvalue weighted by molar-refractivity contribution is 0.145. The molecule has 5 aromatic rings. The van der Waals surface area contributed by atoms with Crippen molar-refractivity contribution in [2.45, 2.75) is 33.4 Å². The van der Waals surface area contributed by atoms with Gasteiger partial charge in [0.05, 0.1) is 28.6 Å². The fraction of sp³-hybridized carbons (Fsp3) is 0.367. The van der Waals surface area contributed by atoms with Gasteiger partial charge in [0.2, 0.25) is 0 Å². The van der Waals surface area contributed by atoms with E-state index < -0.39 is 6.23 Å². The zero-order valence-corrected chi connectivity index (χ0v) is 23.0. The van der Waals surface area contributed by atoms with Crippen LogP contribution in [0, 0.1) is 5.41 Å². The van der Waals surface area contributed by atoms with Gasteiger partial charge >= 0.3 is 0 Å². The highest BCUT2D eigenvalue weighted by molar-refractivity contribution is 5.97. The highest BCUT2D eigenvalue weighted by Gasteiger charge is 2.20. The Morgan fingerprint density at radius 2 is 1.82 bits per heavy atom. The van der Waals surface area contributed by atoms with Gasteiger partial charge in [0, 0.05) is 43.3 Å². The Morgan fingerprint density at radius 3 is 2.62 bits per heavy atom. The molecule has 4 heterocycles. The number of benzene rings is 2. The van der Waals surface area contributed by atoms with E-state index in [0.717, 1.165) is 82.1 Å². The number of piperazine rings is 1. The molecule has 1 atom stereocenters. The van der Waals surface area contributed by atoms with Crippen molar-refractivity contribution in [1.29, 1.82) is 0 Å². The van der Waals surface area contributed by atoms with Crippen molar-refractivity contribution < 1.29 is 5.11 Å². The van der Waals surface area contributed by atoms with Gasteiger partial charge in [-0.15, -0.1) is 0 Å². The van der Waals surface area contributed by atoms with E-state index >= 15 is 0 Å². The van der Waals surface area contributed by atoms with Gasteiger partial charge in [-0.25, -0.2) is 4.98 Å². The van der Waals surface area contributed by atoms with E-state index in [1.807, 2.05) is 18.3 Å². The maximum Gasteiger partial charge on any atom is 0.159 e. The van der Waals surface area contributed by atoms with Crippen LogP contribution >= 0.6 is 0 Å². The lowest BCUT2D eigenvalue weighted by Gasteiger charge is -2.34. The van der Waals surface area contributed by atoms with E-state index in [1.165, 1.54) is 0 Å². The van der Waals surface area contributed by atoms with Crippen LogP contribution in [-0.2, 0) is 0 Å². The number of hydrogen-bond donors (Lipinski definition) is 4. The molecule has 6 rings (SSSR count). The number of para-hydroxylation sites is 1. The smallest absolute Gasteiger partial charge is 0.159 e. The van der Waals surface area contributed by atoms with Crippen LogP contribution in [0.5, 0.6) is 0 Å². The second kappa shape index (κ2) is 9.98. The highest BCUT2D eigenvalue weighted by atomic mass is 16.3. The first kappa shape index (κ1) is 25.3. The number of anilines is 2. The summed E-state index contributed by atoms with van der Waals surface area (Å²) in [5.41, 5.74) is 7.64. The Kier molecular flexibility index (Phi) is 6.48. The summed E-state index contributed by atoms with van der Waals surface area (Å²) in [7, 11) is 2.17. The molecule has 0 radical (unpaired) electrons. The molecule has 2 aromatic carbocycles. The lowest BCUT2D eigenvalue weighted by atomic mass is 9.91. The van der Waals surface area contributed by atoms with E-state index in [0.29, 0.717) is 6.42 Å². The maximum absolute atomic E-state index is 10.5. The van der Waals surface area contributed by atoms with Crippen LogP contribution in [0.25, 0.3) is 44.6 Å². The fourth-order valence-electron chi connectivity index (χ4n) is 5.31. The first-order valence-electron chi connectivity index (χ1n) is 13.5.